The average Bonchev–Trinajstić information content (AvgIpc) is 3.57. The van der Waals surface area contributed by atoms with Gasteiger partial charge in [-0.05, 0) is 65.2 Å². The first-order valence-corrected chi connectivity index (χ1v) is 13.2. The number of hydrogen-bond donors (Lipinski definition) is 0. The van der Waals surface area contributed by atoms with Crippen LogP contribution >= 0.6 is 0 Å². The van der Waals surface area contributed by atoms with Crippen molar-refractivity contribution in [2.24, 2.45) is 0 Å². The molecule has 0 radical (unpaired) electrons. The number of hydrogen-bond acceptors (Lipinski definition) is 3. The van der Waals surface area contributed by atoms with E-state index in [0.717, 1.165) is 66.3 Å². The van der Waals surface area contributed by atoms with Crippen molar-refractivity contribution in [3.8, 4) is 34.0 Å². The minimum atomic E-state index is 0.551. The summed E-state index contributed by atoms with van der Waals surface area (Å²) >= 11 is 0. The van der Waals surface area contributed by atoms with E-state index in [-0.39, 0.29) is 0 Å². The SMILES string of the molecule is N#Cc1cncc(-c2cccc(-c3cccc(-n4c5ccccc5c5c6oc7ccccc7c6ccc54)c3)c2)c1. The van der Waals surface area contributed by atoms with Gasteiger partial charge in [-0.15, -0.1) is 0 Å². The Morgan fingerprint density at radius 3 is 2.23 bits per heavy atom. The fourth-order valence-electron chi connectivity index (χ4n) is 5.87. The average molecular weight is 512 g/mol. The van der Waals surface area contributed by atoms with E-state index in [4.69, 9.17) is 4.42 Å². The highest BCUT2D eigenvalue weighted by molar-refractivity contribution is 6.23. The molecule has 40 heavy (non-hydrogen) atoms. The molecule has 4 nitrogen and oxygen atoms in total. The van der Waals surface area contributed by atoms with Crippen molar-refractivity contribution in [2.45, 2.75) is 0 Å². The maximum absolute atomic E-state index is 9.31. The van der Waals surface area contributed by atoms with E-state index in [2.05, 4.69) is 113 Å². The fraction of sp³-hybridized carbons (Fsp3) is 0. The summed E-state index contributed by atoms with van der Waals surface area (Å²) in [6, 6.07) is 42.2. The second-order valence-corrected chi connectivity index (χ2v) is 9.99. The summed E-state index contributed by atoms with van der Waals surface area (Å²) in [5.41, 5.74) is 9.86. The van der Waals surface area contributed by atoms with Crippen LogP contribution in [0.2, 0.25) is 0 Å². The van der Waals surface area contributed by atoms with E-state index >= 15 is 0 Å². The largest absolute Gasteiger partial charge is 0.455 e. The highest BCUT2D eigenvalue weighted by Gasteiger charge is 2.18. The Morgan fingerprint density at radius 1 is 0.600 bits per heavy atom. The predicted octanol–water partition coefficient (Wildman–Crippen LogP) is 9.28. The van der Waals surface area contributed by atoms with Gasteiger partial charge in [-0.25, -0.2) is 0 Å². The summed E-state index contributed by atoms with van der Waals surface area (Å²) in [6.07, 6.45) is 3.38. The molecule has 0 saturated carbocycles. The molecule has 8 rings (SSSR count). The molecule has 3 heterocycles. The molecule has 0 unspecified atom stereocenters. The number of rotatable bonds is 3. The maximum atomic E-state index is 9.31. The van der Waals surface area contributed by atoms with Gasteiger partial charge in [0.15, 0.2) is 0 Å². The lowest BCUT2D eigenvalue weighted by Crippen LogP contribution is -1.94. The molecule has 186 valence electrons. The molecule has 4 heteroatoms. The smallest absolute Gasteiger partial charge is 0.145 e. The minimum absolute atomic E-state index is 0.551. The van der Waals surface area contributed by atoms with E-state index in [1.807, 2.05) is 18.2 Å². The molecule has 0 bridgehead atoms. The molecule has 5 aromatic carbocycles. The summed E-state index contributed by atoms with van der Waals surface area (Å²) in [6.45, 7) is 0. The Labute approximate surface area is 230 Å². The van der Waals surface area contributed by atoms with Gasteiger partial charge in [-0.3, -0.25) is 4.98 Å². The van der Waals surface area contributed by atoms with Crippen LogP contribution in [0.1, 0.15) is 5.56 Å². The Balaban J connectivity index is 1.33. The third-order valence-electron chi connectivity index (χ3n) is 7.68. The second-order valence-electron chi connectivity index (χ2n) is 9.99. The lowest BCUT2D eigenvalue weighted by molar-refractivity contribution is 0.673. The Kier molecular flexibility index (Phi) is 4.85. The van der Waals surface area contributed by atoms with E-state index in [0.29, 0.717) is 5.56 Å². The molecule has 0 aliphatic heterocycles. The molecule has 0 aliphatic rings. The van der Waals surface area contributed by atoms with Crippen molar-refractivity contribution < 1.29 is 4.42 Å². The first-order valence-electron chi connectivity index (χ1n) is 13.2. The molecule has 0 amide bonds. The zero-order valence-corrected chi connectivity index (χ0v) is 21.4. The van der Waals surface area contributed by atoms with E-state index in [1.54, 1.807) is 12.4 Å². The van der Waals surface area contributed by atoms with Crippen LogP contribution in [0.15, 0.2) is 132 Å². The van der Waals surface area contributed by atoms with Crippen LogP contribution in [-0.2, 0) is 0 Å². The number of furan rings is 1. The zero-order chi connectivity index (χ0) is 26.6. The Morgan fingerprint density at radius 2 is 1.35 bits per heavy atom. The molecule has 0 N–H and O–H groups in total. The third kappa shape index (κ3) is 3.35. The van der Waals surface area contributed by atoms with Crippen molar-refractivity contribution in [3.63, 3.8) is 0 Å². The standard InChI is InChI=1S/C36H21N3O/c37-20-23-17-27(22-38-21-23)25-8-5-7-24(18-25)26-9-6-10-28(19-26)39-32-13-3-1-12-31(32)35-33(39)16-15-30-29-11-2-4-14-34(29)40-36(30)35/h1-19,21-22H. The van der Waals surface area contributed by atoms with Gasteiger partial charge in [0, 0.05) is 39.8 Å². The van der Waals surface area contributed by atoms with Crippen molar-refractivity contribution in [1.82, 2.24) is 9.55 Å². The summed E-state index contributed by atoms with van der Waals surface area (Å²) in [7, 11) is 0. The van der Waals surface area contributed by atoms with Gasteiger partial charge < -0.3 is 8.98 Å². The van der Waals surface area contributed by atoms with Gasteiger partial charge in [0.2, 0.25) is 0 Å². The second kappa shape index (κ2) is 8.69. The monoisotopic (exact) mass is 511 g/mol. The van der Waals surface area contributed by atoms with Gasteiger partial charge in [0.05, 0.1) is 22.0 Å². The van der Waals surface area contributed by atoms with Crippen molar-refractivity contribution in [2.75, 3.05) is 0 Å². The lowest BCUT2D eigenvalue weighted by atomic mass is 9.99. The van der Waals surface area contributed by atoms with Crippen molar-refractivity contribution in [1.29, 1.82) is 5.26 Å². The minimum Gasteiger partial charge on any atom is -0.455 e. The van der Waals surface area contributed by atoms with Gasteiger partial charge in [-0.2, -0.15) is 5.26 Å². The number of nitriles is 1. The van der Waals surface area contributed by atoms with Gasteiger partial charge in [0.1, 0.15) is 17.2 Å². The van der Waals surface area contributed by atoms with Gasteiger partial charge in [-0.1, -0.05) is 66.7 Å². The predicted molar refractivity (Wildman–Crippen MR) is 161 cm³/mol. The first kappa shape index (κ1) is 22.3. The molecule has 8 aromatic rings. The summed E-state index contributed by atoms with van der Waals surface area (Å²) in [5.74, 6) is 0. The molecule has 0 aliphatic carbocycles. The fourth-order valence-corrected chi connectivity index (χ4v) is 5.87. The Bertz CT molecular complexity index is 2300. The summed E-state index contributed by atoms with van der Waals surface area (Å²) < 4.78 is 8.77. The van der Waals surface area contributed by atoms with Crippen molar-refractivity contribution in [3.05, 3.63) is 133 Å². The molecule has 0 spiro atoms. The number of pyridine rings is 1. The van der Waals surface area contributed by atoms with Crippen LogP contribution < -0.4 is 0 Å². The molecular formula is C36H21N3O. The molecule has 0 saturated heterocycles. The number of nitrogens with zero attached hydrogens (tertiary/aromatic N) is 3. The van der Waals surface area contributed by atoms with Crippen LogP contribution in [0.4, 0.5) is 0 Å². The van der Waals surface area contributed by atoms with Crippen LogP contribution in [-0.4, -0.2) is 9.55 Å². The van der Waals surface area contributed by atoms with Crippen LogP contribution in [0.5, 0.6) is 0 Å². The van der Waals surface area contributed by atoms with E-state index in [1.165, 1.54) is 5.39 Å². The summed E-state index contributed by atoms with van der Waals surface area (Å²) in [5, 5.41) is 13.9. The number of para-hydroxylation sites is 2. The van der Waals surface area contributed by atoms with Gasteiger partial charge >= 0.3 is 0 Å². The Hall–Kier alpha value is -5.66. The highest BCUT2D eigenvalue weighted by Crippen LogP contribution is 2.40. The van der Waals surface area contributed by atoms with Crippen LogP contribution in [0.3, 0.4) is 0 Å². The molecule has 0 fully saturated rings. The third-order valence-corrected chi connectivity index (χ3v) is 7.68. The van der Waals surface area contributed by atoms with Crippen molar-refractivity contribution >= 4 is 43.7 Å². The number of aromatic nitrogens is 2. The van der Waals surface area contributed by atoms with Crippen LogP contribution in [0, 0.1) is 11.3 Å². The van der Waals surface area contributed by atoms with Crippen LogP contribution in [0.25, 0.3) is 71.7 Å². The highest BCUT2D eigenvalue weighted by atomic mass is 16.3. The number of benzene rings is 5. The maximum Gasteiger partial charge on any atom is 0.145 e. The summed E-state index contributed by atoms with van der Waals surface area (Å²) in [4.78, 5) is 4.24. The number of fused-ring (bicyclic) bond motifs is 7. The molecule has 0 atom stereocenters. The quantitative estimate of drug-likeness (QED) is 0.237. The lowest BCUT2D eigenvalue weighted by Gasteiger charge is -2.11. The first-order chi connectivity index (χ1) is 19.8. The normalized spacial score (nSPS) is 11.5. The van der Waals surface area contributed by atoms with Gasteiger partial charge in [0.25, 0.3) is 0 Å². The zero-order valence-electron chi connectivity index (χ0n) is 21.4. The van der Waals surface area contributed by atoms with E-state index < -0.39 is 0 Å². The van der Waals surface area contributed by atoms with E-state index in [9.17, 15) is 5.26 Å². The molecule has 3 aromatic heterocycles. The molecular weight excluding hydrogens is 490 g/mol. The topological polar surface area (TPSA) is 54.8 Å².